The van der Waals surface area contributed by atoms with Crippen LogP contribution in [0.4, 0.5) is 0 Å². The van der Waals surface area contributed by atoms with Gasteiger partial charge in [-0.1, -0.05) is 13.8 Å². The third-order valence-electron chi connectivity index (χ3n) is 2.78. The highest BCUT2D eigenvalue weighted by molar-refractivity contribution is 5.78. The standard InChI is InChI=1S/C11H18N2O/c1-8(2)11(14)13-10-5-3-9(7-12)4-6-10/h8-10H,3-6H2,1-2H3,(H,13,14)/t9-,10-. The maximum Gasteiger partial charge on any atom is 0.222 e. The van der Waals surface area contributed by atoms with Gasteiger partial charge in [-0.15, -0.1) is 0 Å². The molecule has 0 aromatic carbocycles. The van der Waals surface area contributed by atoms with Crippen LogP contribution in [0, 0.1) is 23.2 Å². The van der Waals surface area contributed by atoms with Crippen LogP contribution in [0.15, 0.2) is 0 Å². The van der Waals surface area contributed by atoms with Crippen LogP contribution in [-0.2, 0) is 4.79 Å². The van der Waals surface area contributed by atoms with Crippen LogP contribution in [0.1, 0.15) is 39.5 Å². The van der Waals surface area contributed by atoms with Crippen LogP contribution in [-0.4, -0.2) is 11.9 Å². The van der Waals surface area contributed by atoms with Crippen molar-refractivity contribution in [1.29, 1.82) is 5.26 Å². The normalized spacial score (nSPS) is 27.0. The quantitative estimate of drug-likeness (QED) is 0.729. The number of amides is 1. The third kappa shape index (κ3) is 3.02. The van der Waals surface area contributed by atoms with E-state index in [-0.39, 0.29) is 17.7 Å². The van der Waals surface area contributed by atoms with E-state index in [1.165, 1.54) is 0 Å². The summed E-state index contributed by atoms with van der Waals surface area (Å²) in [4.78, 5) is 11.4. The first-order valence-corrected chi connectivity index (χ1v) is 5.33. The van der Waals surface area contributed by atoms with Crippen molar-refractivity contribution in [2.45, 2.75) is 45.6 Å². The van der Waals surface area contributed by atoms with Crippen molar-refractivity contribution in [3.05, 3.63) is 0 Å². The molecule has 1 aliphatic rings. The van der Waals surface area contributed by atoms with Crippen LogP contribution in [0.25, 0.3) is 0 Å². The van der Waals surface area contributed by atoms with Crippen molar-refractivity contribution < 1.29 is 4.79 Å². The maximum absolute atomic E-state index is 11.4. The van der Waals surface area contributed by atoms with Crippen molar-refractivity contribution in [3.63, 3.8) is 0 Å². The van der Waals surface area contributed by atoms with Gasteiger partial charge in [0.15, 0.2) is 0 Å². The van der Waals surface area contributed by atoms with Gasteiger partial charge < -0.3 is 5.32 Å². The van der Waals surface area contributed by atoms with Gasteiger partial charge in [0.2, 0.25) is 5.91 Å². The minimum Gasteiger partial charge on any atom is -0.353 e. The highest BCUT2D eigenvalue weighted by atomic mass is 16.1. The van der Waals surface area contributed by atoms with Gasteiger partial charge in [0.1, 0.15) is 0 Å². The molecule has 0 aromatic rings. The van der Waals surface area contributed by atoms with Gasteiger partial charge in [0.05, 0.1) is 6.07 Å². The van der Waals surface area contributed by atoms with Gasteiger partial charge in [-0.05, 0) is 25.7 Å². The molecular formula is C11H18N2O. The minimum atomic E-state index is 0.0590. The Labute approximate surface area is 85.5 Å². The molecular weight excluding hydrogens is 176 g/mol. The Hall–Kier alpha value is -1.04. The first-order chi connectivity index (χ1) is 6.63. The predicted molar refractivity (Wildman–Crippen MR) is 54.3 cm³/mol. The molecule has 0 bridgehead atoms. The second-order valence-electron chi connectivity index (χ2n) is 4.34. The molecule has 1 aliphatic carbocycles. The van der Waals surface area contributed by atoms with E-state index < -0.39 is 0 Å². The summed E-state index contributed by atoms with van der Waals surface area (Å²) in [5.41, 5.74) is 0. The number of carbonyl (C=O) groups excluding carboxylic acids is 1. The van der Waals surface area contributed by atoms with E-state index in [1.54, 1.807) is 0 Å². The minimum absolute atomic E-state index is 0.0590. The zero-order valence-corrected chi connectivity index (χ0v) is 8.92. The summed E-state index contributed by atoms with van der Waals surface area (Å²) in [6.45, 7) is 3.80. The SMILES string of the molecule is CC(C)C(=O)N[C@H]1CC[C@H](C#N)CC1. The molecule has 1 amide bonds. The Morgan fingerprint density at radius 3 is 2.36 bits per heavy atom. The number of nitriles is 1. The van der Waals surface area contributed by atoms with Gasteiger partial charge in [-0.2, -0.15) is 5.26 Å². The van der Waals surface area contributed by atoms with Crippen LogP contribution in [0.3, 0.4) is 0 Å². The monoisotopic (exact) mass is 194 g/mol. The van der Waals surface area contributed by atoms with Gasteiger partial charge in [-0.25, -0.2) is 0 Å². The lowest BCUT2D eigenvalue weighted by Gasteiger charge is -2.26. The topological polar surface area (TPSA) is 52.9 Å². The second-order valence-corrected chi connectivity index (χ2v) is 4.34. The Kier molecular flexibility index (Phi) is 3.94. The van der Waals surface area contributed by atoms with Gasteiger partial charge >= 0.3 is 0 Å². The molecule has 0 aliphatic heterocycles. The second kappa shape index (κ2) is 4.99. The summed E-state index contributed by atoms with van der Waals surface area (Å²) in [5, 5.41) is 11.7. The van der Waals surface area contributed by atoms with Gasteiger partial charge in [0, 0.05) is 17.9 Å². The molecule has 0 radical (unpaired) electrons. The van der Waals surface area contributed by atoms with E-state index in [4.69, 9.17) is 5.26 Å². The molecule has 0 aromatic heterocycles. The van der Waals surface area contributed by atoms with E-state index in [0.717, 1.165) is 25.7 Å². The third-order valence-corrected chi connectivity index (χ3v) is 2.78. The van der Waals surface area contributed by atoms with E-state index in [0.29, 0.717) is 6.04 Å². The zero-order valence-electron chi connectivity index (χ0n) is 8.92. The molecule has 3 nitrogen and oxygen atoms in total. The van der Waals surface area contributed by atoms with E-state index >= 15 is 0 Å². The van der Waals surface area contributed by atoms with Crippen molar-refractivity contribution in [2.24, 2.45) is 11.8 Å². The Morgan fingerprint density at radius 2 is 1.93 bits per heavy atom. The molecule has 0 unspecified atom stereocenters. The fourth-order valence-electron chi connectivity index (χ4n) is 1.73. The summed E-state index contributed by atoms with van der Waals surface area (Å²) in [6, 6.07) is 2.59. The molecule has 1 rings (SSSR count). The van der Waals surface area contributed by atoms with Crippen molar-refractivity contribution in [3.8, 4) is 6.07 Å². The summed E-state index contributed by atoms with van der Waals surface area (Å²) in [7, 11) is 0. The largest absolute Gasteiger partial charge is 0.353 e. The van der Waals surface area contributed by atoms with Gasteiger partial charge in [-0.3, -0.25) is 4.79 Å². The lowest BCUT2D eigenvalue weighted by atomic mass is 9.87. The fraction of sp³-hybridized carbons (Fsp3) is 0.818. The highest BCUT2D eigenvalue weighted by Crippen LogP contribution is 2.23. The van der Waals surface area contributed by atoms with Crippen LogP contribution in [0.2, 0.25) is 0 Å². The van der Waals surface area contributed by atoms with Crippen molar-refractivity contribution in [2.75, 3.05) is 0 Å². The lowest BCUT2D eigenvalue weighted by Crippen LogP contribution is -2.39. The lowest BCUT2D eigenvalue weighted by molar-refractivity contribution is -0.124. The first kappa shape index (κ1) is 11.0. The van der Waals surface area contributed by atoms with Crippen LogP contribution < -0.4 is 5.32 Å². The zero-order chi connectivity index (χ0) is 10.6. The van der Waals surface area contributed by atoms with E-state index in [1.807, 2.05) is 13.8 Å². The molecule has 0 saturated heterocycles. The summed E-state index contributed by atoms with van der Waals surface area (Å²) >= 11 is 0. The van der Waals surface area contributed by atoms with E-state index in [9.17, 15) is 4.79 Å². The predicted octanol–water partition coefficient (Wildman–Crippen LogP) is 1.84. The Balaban J connectivity index is 2.29. The Bertz CT molecular complexity index is 234. The summed E-state index contributed by atoms with van der Waals surface area (Å²) < 4.78 is 0. The first-order valence-electron chi connectivity index (χ1n) is 5.33. The summed E-state index contributed by atoms with van der Waals surface area (Å²) in [5.74, 6) is 0.399. The molecule has 0 atom stereocenters. The average Bonchev–Trinajstić information content (AvgIpc) is 2.19. The smallest absolute Gasteiger partial charge is 0.222 e. The molecule has 0 heterocycles. The van der Waals surface area contributed by atoms with E-state index in [2.05, 4.69) is 11.4 Å². The number of carbonyl (C=O) groups is 1. The number of hydrogen-bond donors (Lipinski definition) is 1. The average molecular weight is 194 g/mol. The fourth-order valence-corrected chi connectivity index (χ4v) is 1.73. The Morgan fingerprint density at radius 1 is 1.36 bits per heavy atom. The molecule has 0 spiro atoms. The molecule has 78 valence electrons. The number of hydrogen-bond acceptors (Lipinski definition) is 2. The number of rotatable bonds is 2. The van der Waals surface area contributed by atoms with Crippen molar-refractivity contribution >= 4 is 5.91 Å². The van der Waals surface area contributed by atoms with Crippen molar-refractivity contribution in [1.82, 2.24) is 5.32 Å². The molecule has 1 saturated carbocycles. The highest BCUT2D eigenvalue weighted by Gasteiger charge is 2.22. The molecule has 14 heavy (non-hydrogen) atoms. The van der Waals surface area contributed by atoms with Crippen LogP contribution >= 0.6 is 0 Å². The summed E-state index contributed by atoms with van der Waals surface area (Å²) in [6.07, 6.45) is 3.77. The maximum atomic E-state index is 11.4. The molecule has 3 heteroatoms. The number of nitrogens with one attached hydrogen (secondary N) is 1. The molecule has 1 fully saturated rings. The van der Waals surface area contributed by atoms with Gasteiger partial charge in [0.25, 0.3) is 0 Å². The molecule has 1 N–H and O–H groups in total. The van der Waals surface area contributed by atoms with Crippen LogP contribution in [0.5, 0.6) is 0 Å². The number of nitrogens with zero attached hydrogens (tertiary/aromatic N) is 1.